The Morgan fingerprint density at radius 1 is 0.256 bits per heavy atom. The first-order valence-corrected chi connectivity index (χ1v) is 27.4. The van der Waals surface area contributed by atoms with Crippen LogP contribution in [0.1, 0.15) is 88.3 Å². The molecule has 12 bridgehead atoms. The first kappa shape index (κ1) is 58.6. The summed E-state index contributed by atoms with van der Waals surface area (Å²) in [5, 5.41) is 0. The molecule has 13 rings (SSSR count). The molecule has 90 heavy (non-hydrogen) atoms. The van der Waals surface area contributed by atoms with E-state index in [4.69, 9.17) is 15.0 Å². The van der Waals surface area contributed by atoms with E-state index in [0.29, 0.717) is 16.7 Å². The summed E-state index contributed by atoms with van der Waals surface area (Å²) in [5.41, 5.74) is -12.0. The number of aromatic amines is 3. The average molecular weight is 1240 g/mol. The molecule has 450 valence electrons. The van der Waals surface area contributed by atoms with Crippen molar-refractivity contribution in [2.45, 2.75) is 37.0 Å². The fourth-order valence-corrected chi connectivity index (χ4v) is 12.2. The summed E-state index contributed by atoms with van der Waals surface area (Å²) in [6.45, 7) is 4.81. The first-order valence-electron chi connectivity index (χ1n) is 27.4. The Morgan fingerprint density at radius 2 is 0.489 bits per heavy atom. The molecule has 3 atom stereocenters. The number of benzene rings is 6. The number of aliphatic imine (C=N–C) groups is 3. The van der Waals surface area contributed by atoms with Crippen LogP contribution in [0.25, 0.3) is 16.7 Å². The molecule has 0 amide bonds. The van der Waals surface area contributed by atoms with Crippen LogP contribution in [0.4, 0.5) is 65.9 Å². The minimum atomic E-state index is -2.48. The molecule has 9 aromatic rings. The molecule has 0 fully saturated rings. The predicted octanol–water partition coefficient (Wildman–Crippen LogP) is 17.4. The largest absolute Gasteiger partial charge is 0.357 e. The van der Waals surface area contributed by atoms with Crippen molar-refractivity contribution >= 4 is 33.9 Å². The van der Waals surface area contributed by atoms with Crippen LogP contribution in [0.15, 0.2) is 196 Å². The number of nitrogens with zero attached hydrogens (tertiary/aromatic N) is 3. The summed E-state index contributed by atoms with van der Waals surface area (Å²) in [6.07, 6.45) is 7.77. The molecule has 0 radical (unpaired) electrons. The van der Waals surface area contributed by atoms with E-state index in [-0.39, 0.29) is 51.3 Å². The Morgan fingerprint density at radius 3 is 0.778 bits per heavy atom. The molecule has 21 heteroatoms. The van der Waals surface area contributed by atoms with Crippen molar-refractivity contribution in [2.75, 3.05) is 0 Å². The van der Waals surface area contributed by atoms with Crippen LogP contribution in [-0.4, -0.2) is 32.1 Å². The summed E-state index contributed by atoms with van der Waals surface area (Å²) in [5.74, 6) is -34.9. The van der Waals surface area contributed by atoms with Gasteiger partial charge in [-0.2, -0.15) is 0 Å². The molecule has 3 N–H and O–H groups in total. The Balaban J connectivity index is 1.17. The number of rotatable bonds is 6. The fraction of sp³-hybridized carbons (Fsp3) is 0.0870. The van der Waals surface area contributed by atoms with Crippen LogP contribution in [0, 0.1) is 87.3 Å². The minimum absolute atomic E-state index is 0.000270. The molecule has 7 heterocycles. The van der Waals surface area contributed by atoms with Gasteiger partial charge in [0.2, 0.25) is 17.5 Å². The van der Waals surface area contributed by atoms with Crippen LogP contribution in [0.2, 0.25) is 0 Å². The number of nitrogens with one attached hydrogen (secondary N) is 3. The van der Waals surface area contributed by atoms with E-state index >= 15 is 52.7 Å². The average Bonchev–Trinajstić information content (AvgIpc) is 1.57. The SMILES string of the molecule is C[C@]1(c2ccccc2)C2=N/C(=C(/c3c(F)c(F)c(F)c(F)c3F)c3ccc([nH]3)[C@](C)(c3ccccc3)c3ccc([nH]3)/C(c3c(F)c(F)c(F)c(F)c3F)=C3\C=CC(=N3)[C@@](C)(c3ccccc3)c3ccc([nH]3)/C(c3c(F)c(F)c(F)c(F)c3F)=C3\C=CC1=N3)C=C2. The van der Waals surface area contributed by atoms with Gasteiger partial charge in [-0.1, -0.05) is 91.0 Å². The number of halogens is 15. The van der Waals surface area contributed by atoms with Gasteiger partial charge in [0.1, 0.15) is 0 Å². The maximum Gasteiger partial charge on any atom is 0.200 e. The number of H-pyrrole nitrogens is 3. The third kappa shape index (κ3) is 8.63. The molecule has 4 aliphatic rings. The monoisotopic (exact) mass is 1240 g/mol. The van der Waals surface area contributed by atoms with Gasteiger partial charge in [0.15, 0.2) is 69.8 Å². The van der Waals surface area contributed by atoms with Gasteiger partial charge in [0.25, 0.3) is 0 Å². The lowest BCUT2D eigenvalue weighted by atomic mass is 9.74. The van der Waals surface area contributed by atoms with Crippen molar-refractivity contribution in [2.24, 2.45) is 15.0 Å². The van der Waals surface area contributed by atoms with E-state index in [1.165, 1.54) is 72.9 Å². The lowest BCUT2D eigenvalue weighted by Crippen LogP contribution is -2.38. The van der Waals surface area contributed by atoms with Crippen LogP contribution in [-0.2, 0) is 16.2 Å². The maximum atomic E-state index is 16.6. The molecule has 0 saturated heterocycles. The van der Waals surface area contributed by atoms with E-state index in [1.807, 2.05) is 0 Å². The zero-order valence-corrected chi connectivity index (χ0v) is 46.6. The lowest BCUT2D eigenvalue weighted by Gasteiger charge is -2.30. The highest BCUT2D eigenvalue weighted by Gasteiger charge is 2.44. The van der Waals surface area contributed by atoms with Crippen molar-refractivity contribution in [1.29, 1.82) is 0 Å². The second-order valence-electron chi connectivity index (χ2n) is 21.9. The van der Waals surface area contributed by atoms with Gasteiger partial charge in [0.05, 0.1) is 67.2 Å². The number of allylic oxidation sites excluding steroid dienone is 6. The highest BCUT2D eigenvalue weighted by Crippen LogP contribution is 2.47. The number of hydrogen-bond acceptors (Lipinski definition) is 3. The van der Waals surface area contributed by atoms with Crippen LogP contribution in [0.3, 0.4) is 0 Å². The first-order chi connectivity index (χ1) is 43.0. The van der Waals surface area contributed by atoms with Gasteiger partial charge in [-0.25, -0.2) is 65.9 Å². The van der Waals surface area contributed by atoms with E-state index in [2.05, 4.69) is 15.0 Å². The van der Waals surface area contributed by atoms with Crippen molar-refractivity contribution in [3.63, 3.8) is 0 Å². The number of hydrogen-bond donors (Lipinski definition) is 3. The van der Waals surface area contributed by atoms with E-state index in [1.54, 1.807) is 112 Å². The summed E-state index contributed by atoms with van der Waals surface area (Å²) >= 11 is 0. The third-order valence-electron chi connectivity index (χ3n) is 17.1. The Labute approximate surface area is 500 Å². The quantitative estimate of drug-likeness (QED) is 0.0842. The number of fused-ring (bicyclic) bond motifs is 9. The third-order valence-corrected chi connectivity index (χ3v) is 17.1. The molecule has 6 aromatic carbocycles. The zero-order valence-electron chi connectivity index (χ0n) is 46.6. The van der Waals surface area contributed by atoms with E-state index < -0.39 is 154 Å². The molecule has 0 unspecified atom stereocenters. The summed E-state index contributed by atoms with van der Waals surface area (Å²) in [7, 11) is 0. The highest BCUT2D eigenvalue weighted by molar-refractivity contribution is 6.26. The molecular weight excluding hydrogens is 1200 g/mol. The zero-order chi connectivity index (χ0) is 63.6. The molecule has 0 saturated carbocycles. The summed E-state index contributed by atoms with van der Waals surface area (Å²) in [4.78, 5) is 23.8. The minimum Gasteiger partial charge on any atom is -0.357 e. The number of aromatic nitrogens is 3. The van der Waals surface area contributed by atoms with Gasteiger partial charge < -0.3 is 15.0 Å². The van der Waals surface area contributed by atoms with Crippen LogP contribution >= 0.6 is 0 Å². The van der Waals surface area contributed by atoms with Crippen LogP contribution < -0.4 is 0 Å². The van der Waals surface area contributed by atoms with Crippen molar-refractivity contribution in [1.82, 2.24) is 15.0 Å². The predicted molar refractivity (Wildman–Crippen MR) is 308 cm³/mol. The maximum absolute atomic E-state index is 16.6. The molecule has 0 aliphatic carbocycles. The van der Waals surface area contributed by atoms with Crippen molar-refractivity contribution in [3.8, 4) is 0 Å². The molecule has 3 aromatic heterocycles. The van der Waals surface area contributed by atoms with Crippen LogP contribution in [0.5, 0.6) is 0 Å². The smallest absolute Gasteiger partial charge is 0.200 e. The van der Waals surface area contributed by atoms with Gasteiger partial charge in [-0.15, -0.1) is 0 Å². The van der Waals surface area contributed by atoms with Gasteiger partial charge in [-0.3, -0.25) is 15.0 Å². The second kappa shape index (κ2) is 21.4. The van der Waals surface area contributed by atoms with Gasteiger partial charge in [0, 0.05) is 50.9 Å². The molecule has 0 spiro atoms. The molecule has 4 aliphatic heterocycles. The molecule has 6 nitrogen and oxygen atoms in total. The van der Waals surface area contributed by atoms with Crippen molar-refractivity contribution in [3.05, 3.63) is 336 Å². The Hall–Kier alpha value is -10.4. The highest BCUT2D eigenvalue weighted by atomic mass is 19.2. The fourth-order valence-electron chi connectivity index (χ4n) is 12.2. The van der Waals surface area contributed by atoms with Gasteiger partial charge >= 0.3 is 0 Å². The lowest BCUT2D eigenvalue weighted by molar-refractivity contribution is 0.376. The Kier molecular flexibility index (Phi) is 13.9. The van der Waals surface area contributed by atoms with E-state index in [0.717, 1.165) is 0 Å². The normalized spacial score (nSPS) is 22.1. The summed E-state index contributed by atoms with van der Waals surface area (Å²) < 4.78 is 238. The Bertz CT molecular complexity index is 4780. The topological polar surface area (TPSA) is 84.5 Å². The van der Waals surface area contributed by atoms with E-state index in [9.17, 15) is 13.2 Å². The second-order valence-corrected chi connectivity index (χ2v) is 21.9. The van der Waals surface area contributed by atoms with Gasteiger partial charge in [-0.05, 0) is 110 Å². The summed E-state index contributed by atoms with van der Waals surface area (Å²) in [6, 6.07) is 32.7. The standard InChI is InChI=1S/C69H39F15N6/c1-67(31-13-7-4-8-14-31)40-25-19-34(85-40)46(49-52(70)58(76)64(82)59(77)53(49)71)36-21-27-42(87-36)68(2,32-15-9-5-10-16-32)44-29-23-38(89-44)48(51-56(74)62(80)66(84)63(81)57(51)75)39-24-30-45(90-39)69(3,33-17-11-6-12-18-33)43-28-22-37(88-43)47(35-20-26-41(67)86-35)50-54(72)60(78)65(83)61(79)55(50)73/h4-30,85-86,89H,1-3H3/b46-36-,47-37+,48-39-/t67-,68-,69+/m1/s1. The van der Waals surface area contributed by atoms with Crippen molar-refractivity contribution < 1.29 is 65.9 Å². The molecular formula is C69H39F15N6.